The third kappa shape index (κ3) is 3.56. The van der Waals surface area contributed by atoms with E-state index in [4.69, 9.17) is 9.47 Å². The topological polar surface area (TPSA) is 103 Å². The SMILES string of the molecule is O=C(NCc1ccc2c(c1)OCO2)c1nn(-c2ccc(Br)cc2)c(=O)cc1O. The molecule has 0 fully saturated rings. The summed E-state index contributed by atoms with van der Waals surface area (Å²) >= 11 is 3.32. The van der Waals surface area contributed by atoms with Gasteiger partial charge in [0.25, 0.3) is 11.5 Å². The summed E-state index contributed by atoms with van der Waals surface area (Å²) in [6.45, 7) is 0.356. The summed E-state index contributed by atoms with van der Waals surface area (Å²) in [6.07, 6.45) is 0. The highest BCUT2D eigenvalue weighted by Gasteiger charge is 2.18. The average Bonchev–Trinajstić information content (AvgIpc) is 3.15. The maximum atomic E-state index is 12.5. The van der Waals surface area contributed by atoms with Gasteiger partial charge in [-0.15, -0.1) is 0 Å². The minimum atomic E-state index is -0.610. The van der Waals surface area contributed by atoms with E-state index in [1.54, 1.807) is 42.5 Å². The van der Waals surface area contributed by atoms with Crippen LogP contribution in [0, 0.1) is 0 Å². The number of hydrogen-bond donors (Lipinski definition) is 2. The molecule has 0 atom stereocenters. The number of carbonyl (C=O) groups excluding carboxylic acids is 1. The lowest BCUT2D eigenvalue weighted by atomic mass is 10.2. The van der Waals surface area contributed by atoms with E-state index in [9.17, 15) is 14.7 Å². The van der Waals surface area contributed by atoms with Gasteiger partial charge in [0.05, 0.1) is 5.69 Å². The summed E-state index contributed by atoms with van der Waals surface area (Å²) in [5, 5.41) is 16.7. The minimum Gasteiger partial charge on any atom is -0.505 e. The maximum absolute atomic E-state index is 12.5. The van der Waals surface area contributed by atoms with Crippen molar-refractivity contribution in [1.82, 2.24) is 15.1 Å². The van der Waals surface area contributed by atoms with E-state index < -0.39 is 17.2 Å². The first-order chi connectivity index (χ1) is 13.5. The van der Waals surface area contributed by atoms with Gasteiger partial charge < -0.3 is 19.9 Å². The van der Waals surface area contributed by atoms with E-state index in [0.717, 1.165) is 20.8 Å². The van der Waals surface area contributed by atoms with Gasteiger partial charge in [-0.2, -0.15) is 9.78 Å². The van der Waals surface area contributed by atoms with E-state index in [2.05, 4.69) is 26.3 Å². The molecule has 1 amide bonds. The summed E-state index contributed by atoms with van der Waals surface area (Å²) in [6, 6.07) is 13.1. The molecule has 9 heteroatoms. The summed E-state index contributed by atoms with van der Waals surface area (Å²) in [5.74, 6) is 0.162. The zero-order valence-electron chi connectivity index (χ0n) is 14.4. The van der Waals surface area contributed by atoms with Crippen molar-refractivity contribution in [2.75, 3.05) is 6.79 Å². The summed E-state index contributed by atoms with van der Waals surface area (Å²) < 4.78 is 12.5. The number of rotatable bonds is 4. The molecule has 0 unspecified atom stereocenters. The Hall–Kier alpha value is -3.33. The van der Waals surface area contributed by atoms with Crippen LogP contribution in [0.3, 0.4) is 0 Å². The van der Waals surface area contributed by atoms with Crippen LogP contribution in [0.25, 0.3) is 5.69 Å². The Kier molecular flexibility index (Phi) is 4.74. The minimum absolute atomic E-state index is 0.167. The highest BCUT2D eigenvalue weighted by atomic mass is 79.9. The molecule has 0 saturated heterocycles. The lowest BCUT2D eigenvalue weighted by Crippen LogP contribution is -2.29. The van der Waals surface area contributed by atoms with Gasteiger partial charge in [0, 0.05) is 17.1 Å². The lowest BCUT2D eigenvalue weighted by Gasteiger charge is -2.10. The average molecular weight is 444 g/mol. The Morgan fingerprint density at radius 1 is 1.14 bits per heavy atom. The first-order valence-corrected chi connectivity index (χ1v) is 9.06. The van der Waals surface area contributed by atoms with Gasteiger partial charge in [0.15, 0.2) is 22.9 Å². The molecule has 0 spiro atoms. The second-order valence-electron chi connectivity index (χ2n) is 5.97. The molecule has 1 aromatic heterocycles. The van der Waals surface area contributed by atoms with Crippen LogP contribution in [-0.4, -0.2) is 27.6 Å². The molecule has 2 N–H and O–H groups in total. The largest absolute Gasteiger partial charge is 0.505 e. The summed E-state index contributed by atoms with van der Waals surface area (Å²) in [7, 11) is 0. The standard InChI is InChI=1S/C19H14BrN3O5/c20-12-2-4-13(5-3-12)23-17(25)8-14(24)18(22-23)19(26)21-9-11-1-6-15-16(7-11)28-10-27-15/h1-8,24H,9-10H2,(H,21,26). The zero-order chi connectivity index (χ0) is 19.7. The molecule has 0 saturated carbocycles. The smallest absolute Gasteiger partial charge is 0.275 e. The number of fused-ring (bicyclic) bond motifs is 1. The maximum Gasteiger partial charge on any atom is 0.275 e. The highest BCUT2D eigenvalue weighted by Crippen LogP contribution is 2.32. The van der Waals surface area contributed by atoms with Gasteiger partial charge in [-0.05, 0) is 42.0 Å². The molecule has 1 aliphatic heterocycles. The third-order valence-electron chi connectivity index (χ3n) is 4.09. The van der Waals surface area contributed by atoms with E-state index in [-0.39, 0.29) is 19.0 Å². The Morgan fingerprint density at radius 3 is 2.68 bits per heavy atom. The Balaban J connectivity index is 1.56. The fourth-order valence-electron chi connectivity index (χ4n) is 2.69. The van der Waals surface area contributed by atoms with Crippen LogP contribution in [0.5, 0.6) is 17.2 Å². The quantitative estimate of drug-likeness (QED) is 0.641. The predicted octanol–water partition coefficient (Wildman–Crippen LogP) is 2.36. The number of nitrogens with zero attached hydrogens (tertiary/aromatic N) is 2. The van der Waals surface area contributed by atoms with Crippen molar-refractivity contribution in [1.29, 1.82) is 0 Å². The van der Waals surface area contributed by atoms with Crippen molar-refractivity contribution in [2.24, 2.45) is 0 Å². The van der Waals surface area contributed by atoms with Crippen LogP contribution in [0.1, 0.15) is 16.1 Å². The van der Waals surface area contributed by atoms with Gasteiger partial charge in [0.1, 0.15) is 0 Å². The van der Waals surface area contributed by atoms with Crippen LogP contribution in [0.4, 0.5) is 0 Å². The van der Waals surface area contributed by atoms with Gasteiger partial charge >= 0.3 is 0 Å². The van der Waals surface area contributed by atoms with Gasteiger partial charge in [-0.25, -0.2) is 0 Å². The van der Waals surface area contributed by atoms with Crippen molar-refractivity contribution in [3.63, 3.8) is 0 Å². The van der Waals surface area contributed by atoms with Crippen LogP contribution in [0.15, 0.2) is 57.8 Å². The number of aromatic hydroxyl groups is 1. The summed E-state index contributed by atoms with van der Waals surface area (Å²) in [5.41, 5.74) is 0.465. The lowest BCUT2D eigenvalue weighted by molar-refractivity contribution is 0.0941. The molecule has 3 aromatic rings. The molecule has 0 aliphatic carbocycles. The highest BCUT2D eigenvalue weighted by molar-refractivity contribution is 9.10. The van der Waals surface area contributed by atoms with Crippen molar-refractivity contribution in [3.05, 3.63) is 74.6 Å². The zero-order valence-corrected chi connectivity index (χ0v) is 16.0. The van der Waals surface area contributed by atoms with Crippen molar-refractivity contribution >= 4 is 21.8 Å². The van der Waals surface area contributed by atoms with Crippen LogP contribution < -0.4 is 20.3 Å². The van der Waals surface area contributed by atoms with E-state index >= 15 is 0 Å². The number of amides is 1. The second-order valence-corrected chi connectivity index (χ2v) is 6.89. The fourth-order valence-corrected chi connectivity index (χ4v) is 2.96. The number of nitrogens with one attached hydrogen (secondary N) is 1. The van der Waals surface area contributed by atoms with Crippen LogP contribution >= 0.6 is 15.9 Å². The Labute approximate surface area is 167 Å². The third-order valence-corrected chi connectivity index (χ3v) is 4.62. The molecule has 0 bridgehead atoms. The Bertz CT molecular complexity index is 1110. The van der Waals surface area contributed by atoms with Crippen LogP contribution in [-0.2, 0) is 6.54 Å². The molecule has 0 radical (unpaired) electrons. The van der Waals surface area contributed by atoms with Gasteiger partial charge in [0.2, 0.25) is 6.79 Å². The molecule has 2 heterocycles. The number of hydrogen-bond acceptors (Lipinski definition) is 6. The summed E-state index contributed by atoms with van der Waals surface area (Å²) in [4.78, 5) is 24.7. The molecule has 2 aromatic carbocycles. The predicted molar refractivity (Wildman–Crippen MR) is 103 cm³/mol. The number of aromatic nitrogens is 2. The Morgan fingerprint density at radius 2 is 1.89 bits per heavy atom. The molecule has 28 heavy (non-hydrogen) atoms. The van der Waals surface area contributed by atoms with Gasteiger partial charge in [-0.1, -0.05) is 22.0 Å². The van der Waals surface area contributed by atoms with Crippen molar-refractivity contribution in [3.8, 4) is 22.9 Å². The first kappa shape index (κ1) is 18.1. The first-order valence-electron chi connectivity index (χ1n) is 8.27. The molecule has 142 valence electrons. The van der Waals surface area contributed by atoms with Gasteiger partial charge in [-0.3, -0.25) is 9.59 Å². The number of halogens is 1. The van der Waals surface area contributed by atoms with E-state index in [0.29, 0.717) is 17.2 Å². The molecular formula is C19H14BrN3O5. The van der Waals surface area contributed by atoms with E-state index in [1.165, 1.54) is 0 Å². The number of ether oxygens (including phenoxy) is 2. The second kappa shape index (κ2) is 7.35. The normalized spacial score (nSPS) is 12.0. The number of carbonyl (C=O) groups is 1. The molecule has 4 rings (SSSR count). The fraction of sp³-hybridized carbons (Fsp3) is 0.105. The molecular weight excluding hydrogens is 430 g/mol. The van der Waals surface area contributed by atoms with Crippen molar-refractivity contribution in [2.45, 2.75) is 6.54 Å². The van der Waals surface area contributed by atoms with Crippen LogP contribution in [0.2, 0.25) is 0 Å². The monoisotopic (exact) mass is 443 g/mol. The molecule has 1 aliphatic rings. The number of benzene rings is 2. The van der Waals surface area contributed by atoms with E-state index in [1.807, 2.05) is 0 Å². The molecule has 8 nitrogen and oxygen atoms in total. The van der Waals surface area contributed by atoms with Crippen molar-refractivity contribution < 1.29 is 19.4 Å².